The molecule has 150 valence electrons. The topological polar surface area (TPSA) is 65.1 Å². The molecule has 0 N–H and O–H groups in total. The van der Waals surface area contributed by atoms with Crippen LogP contribution in [-0.2, 0) is 11.2 Å². The number of Topliss-reactive ketones (excluding diaryl/α,β-unsaturated/α-hetero) is 1. The molecule has 2 aromatic carbocycles. The quantitative estimate of drug-likeness (QED) is 0.783. The second-order valence-corrected chi connectivity index (χ2v) is 7.98. The molecule has 0 aromatic heterocycles. The number of carbonyl (C=O) groups is 2. The van der Waals surface area contributed by atoms with Crippen molar-refractivity contribution in [3.8, 4) is 17.2 Å². The number of benzene rings is 2. The Balaban J connectivity index is 1.27. The standard InChI is InChI=1S/C23H23NO5/c25-18-14-23(29-19-5-2-1-4-17(18)19)8-3-10-24(11-9-23)22(26)13-16-6-7-20-21(12-16)28-15-27-20/h1-2,4-7,12H,3,8-11,13-15H2. The van der Waals surface area contributed by atoms with E-state index in [4.69, 9.17) is 14.2 Å². The molecule has 1 fully saturated rings. The highest BCUT2D eigenvalue weighted by Gasteiger charge is 2.41. The van der Waals surface area contributed by atoms with Crippen molar-refractivity contribution in [2.24, 2.45) is 0 Å². The van der Waals surface area contributed by atoms with Gasteiger partial charge in [0.15, 0.2) is 17.3 Å². The van der Waals surface area contributed by atoms with Gasteiger partial charge in [-0.25, -0.2) is 0 Å². The van der Waals surface area contributed by atoms with Crippen LogP contribution in [0.25, 0.3) is 0 Å². The van der Waals surface area contributed by atoms with E-state index in [0.717, 1.165) is 24.2 Å². The molecule has 0 aliphatic carbocycles. The van der Waals surface area contributed by atoms with Crippen LogP contribution in [0.15, 0.2) is 42.5 Å². The average Bonchev–Trinajstić information content (AvgIpc) is 3.09. The van der Waals surface area contributed by atoms with E-state index in [1.807, 2.05) is 47.4 Å². The van der Waals surface area contributed by atoms with Crippen LogP contribution in [0, 0.1) is 0 Å². The van der Waals surface area contributed by atoms with Crippen molar-refractivity contribution in [3.05, 3.63) is 53.6 Å². The van der Waals surface area contributed by atoms with Crippen LogP contribution < -0.4 is 14.2 Å². The van der Waals surface area contributed by atoms with Crippen LogP contribution in [0.1, 0.15) is 41.6 Å². The fourth-order valence-corrected chi connectivity index (χ4v) is 4.48. The Bertz CT molecular complexity index is 971. The van der Waals surface area contributed by atoms with Crippen molar-refractivity contribution >= 4 is 11.7 Å². The summed E-state index contributed by atoms with van der Waals surface area (Å²) >= 11 is 0. The Morgan fingerprint density at radius 3 is 2.79 bits per heavy atom. The van der Waals surface area contributed by atoms with Gasteiger partial charge in [-0.3, -0.25) is 9.59 Å². The first-order valence-corrected chi connectivity index (χ1v) is 10.1. The molecule has 3 aliphatic rings. The summed E-state index contributed by atoms with van der Waals surface area (Å²) in [6.07, 6.45) is 2.98. The fourth-order valence-electron chi connectivity index (χ4n) is 4.48. The predicted molar refractivity (Wildman–Crippen MR) is 105 cm³/mol. The van der Waals surface area contributed by atoms with Crippen LogP contribution in [-0.4, -0.2) is 42.1 Å². The molecule has 0 saturated carbocycles. The van der Waals surface area contributed by atoms with Gasteiger partial charge in [0.25, 0.3) is 0 Å². The van der Waals surface area contributed by atoms with E-state index in [1.165, 1.54) is 0 Å². The van der Waals surface area contributed by atoms with Gasteiger partial charge in [0, 0.05) is 19.5 Å². The van der Waals surface area contributed by atoms with Gasteiger partial charge in [-0.1, -0.05) is 18.2 Å². The van der Waals surface area contributed by atoms with E-state index in [9.17, 15) is 9.59 Å². The first kappa shape index (κ1) is 18.0. The maximum Gasteiger partial charge on any atom is 0.231 e. The van der Waals surface area contributed by atoms with Gasteiger partial charge < -0.3 is 19.1 Å². The molecule has 1 unspecified atom stereocenters. The molecule has 5 rings (SSSR count). The zero-order valence-corrected chi connectivity index (χ0v) is 16.2. The maximum absolute atomic E-state index is 12.9. The summed E-state index contributed by atoms with van der Waals surface area (Å²) in [6, 6.07) is 13.1. The summed E-state index contributed by atoms with van der Waals surface area (Å²) in [4.78, 5) is 27.4. The fraction of sp³-hybridized carbons (Fsp3) is 0.391. The van der Waals surface area contributed by atoms with E-state index < -0.39 is 5.60 Å². The molecule has 3 aliphatic heterocycles. The Labute approximate surface area is 169 Å². The van der Waals surface area contributed by atoms with E-state index in [-0.39, 0.29) is 18.5 Å². The lowest BCUT2D eigenvalue weighted by atomic mass is 9.84. The third-order valence-corrected chi connectivity index (χ3v) is 6.04. The minimum Gasteiger partial charge on any atom is -0.486 e. The summed E-state index contributed by atoms with van der Waals surface area (Å²) in [7, 11) is 0. The predicted octanol–water partition coefficient (Wildman–Crippen LogP) is 3.37. The Morgan fingerprint density at radius 2 is 1.86 bits per heavy atom. The molecular weight excluding hydrogens is 370 g/mol. The summed E-state index contributed by atoms with van der Waals surface area (Å²) in [5.41, 5.74) is 1.08. The summed E-state index contributed by atoms with van der Waals surface area (Å²) in [5.74, 6) is 2.30. The number of ether oxygens (including phenoxy) is 3. The number of nitrogens with zero attached hydrogens (tertiary/aromatic N) is 1. The van der Waals surface area contributed by atoms with Gasteiger partial charge in [0.05, 0.1) is 18.4 Å². The molecule has 2 aromatic rings. The molecule has 1 spiro atoms. The number of likely N-dealkylation sites (tertiary alicyclic amines) is 1. The Kier molecular flexibility index (Phi) is 4.42. The monoisotopic (exact) mass is 393 g/mol. The van der Waals surface area contributed by atoms with Crippen molar-refractivity contribution in [1.82, 2.24) is 4.90 Å². The van der Waals surface area contributed by atoms with Crippen molar-refractivity contribution in [1.29, 1.82) is 0 Å². The minimum absolute atomic E-state index is 0.0865. The van der Waals surface area contributed by atoms with E-state index >= 15 is 0 Å². The van der Waals surface area contributed by atoms with Crippen molar-refractivity contribution in [2.75, 3.05) is 19.9 Å². The normalized spacial score (nSPS) is 22.8. The summed E-state index contributed by atoms with van der Waals surface area (Å²) < 4.78 is 17.1. The van der Waals surface area contributed by atoms with Crippen molar-refractivity contribution in [2.45, 2.75) is 37.7 Å². The molecule has 1 atom stereocenters. The maximum atomic E-state index is 12.9. The highest BCUT2D eigenvalue weighted by atomic mass is 16.7. The second-order valence-electron chi connectivity index (χ2n) is 7.98. The van der Waals surface area contributed by atoms with Crippen molar-refractivity contribution < 1.29 is 23.8 Å². The van der Waals surface area contributed by atoms with Gasteiger partial charge in [-0.15, -0.1) is 0 Å². The highest BCUT2D eigenvalue weighted by molar-refractivity contribution is 6.00. The second kappa shape index (κ2) is 7.10. The average molecular weight is 393 g/mol. The van der Waals surface area contributed by atoms with E-state index in [0.29, 0.717) is 49.4 Å². The van der Waals surface area contributed by atoms with Gasteiger partial charge in [0.2, 0.25) is 12.7 Å². The SMILES string of the molecule is O=C1CC2(CCCN(C(=O)Cc3ccc4c(c3)OCO4)CC2)Oc2ccccc21. The van der Waals surface area contributed by atoms with Crippen LogP contribution in [0.5, 0.6) is 17.2 Å². The molecule has 0 bridgehead atoms. The molecule has 0 radical (unpaired) electrons. The molecule has 6 heteroatoms. The minimum atomic E-state index is -0.501. The lowest BCUT2D eigenvalue weighted by Gasteiger charge is -2.37. The Hall–Kier alpha value is -3.02. The van der Waals surface area contributed by atoms with Crippen LogP contribution in [0.2, 0.25) is 0 Å². The molecular formula is C23H23NO5. The smallest absolute Gasteiger partial charge is 0.231 e. The van der Waals surface area contributed by atoms with Gasteiger partial charge in [-0.05, 0) is 42.7 Å². The van der Waals surface area contributed by atoms with Crippen LogP contribution in [0.3, 0.4) is 0 Å². The molecule has 29 heavy (non-hydrogen) atoms. The summed E-state index contributed by atoms with van der Waals surface area (Å²) in [6.45, 7) is 1.51. The Morgan fingerprint density at radius 1 is 1.00 bits per heavy atom. The van der Waals surface area contributed by atoms with Crippen LogP contribution >= 0.6 is 0 Å². The van der Waals surface area contributed by atoms with Gasteiger partial charge in [0.1, 0.15) is 11.4 Å². The third kappa shape index (κ3) is 3.43. The lowest BCUT2D eigenvalue weighted by molar-refractivity contribution is -0.130. The van der Waals surface area contributed by atoms with Crippen LogP contribution in [0.4, 0.5) is 0 Å². The third-order valence-electron chi connectivity index (χ3n) is 6.04. The largest absolute Gasteiger partial charge is 0.486 e. The van der Waals surface area contributed by atoms with E-state index in [2.05, 4.69) is 0 Å². The number of carbonyl (C=O) groups excluding carboxylic acids is 2. The first-order valence-electron chi connectivity index (χ1n) is 10.1. The number of hydrogen-bond donors (Lipinski definition) is 0. The molecule has 1 saturated heterocycles. The van der Waals surface area contributed by atoms with Gasteiger partial charge >= 0.3 is 0 Å². The zero-order valence-electron chi connectivity index (χ0n) is 16.2. The molecule has 6 nitrogen and oxygen atoms in total. The number of fused-ring (bicyclic) bond motifs is 2. The summed E-state index contributed by atoms with van der Waals surface area (Å²) in [5, 5.41) is 0. The lowest BCUT2D eigenvalue weighted by Crippen LogP contribution is -2.43. The van der Waals surface area contributed by atoms with Crippen molar-refractivity contribution in [3.63, 3.8) is 0 Å². The van der Waals surface area contributed by atoms with E-state index in [1.54, 1.807) is 0 Å². The molecule has 3 heterocycles. The zero-order chi connectivity index (χ0) is 19.8. The first-order chi connectivity index (χ1) is 14.1. The number of para-hydroxylation sites is 1. The number of ketones is 1. The number of hydrogen-bond acceptors (Lipinski definition) is 5. The van der Waals surface area contributed by atoms with Gasteiger partial charge in [-0.2, -0.15) is 0 Å². The molecule has 1 amide bonds. The highest BCUT2D eigenvalue weighted by Crippen LogP contribution is 2.39. The number of rotatable bonds is 2. The number of amides is 1.